The van der Waals surface area contributed by atoms with Crippen LogP contribution in [0.15, 0.2) is 33.9 Å². The molecule has 6 heteroatoms. The fourth-order valence-electron chi connectivity index (χ4n) is 1.44. The summed E-state index contributed by atoms with van der Waals surface area (Å²) in [6.07, 6.45) is 1.78. The molecule has 0 unspecified atom stereocenters. The van der Waals surface area contributed by atoms with Gasteiger partial charge < -0.3 is 4.42 Å². The van der Waals surface area contributed by atoms with Crippen molar-refractivity contribution in [2.45, 2.75) is 24.1 Å². The van der Waals surface area contributed by atoms with Crippen LogP contribution < -0.4 is 4.72 Å². The van der Waals surface area contributed by atoms with Gasteiger partial charge in [-0.3, -0.25) is 0 Å². The van der Waals surface area contributed by atoms with E-state index in [0.29, 0.717) is 11.1 Å². The molecule has 1 aromatic heterocycles. The second kappa shape index (κ2) is 3.29. The summed E-state index contributed by atoms with van der Waals surface area (Å²) in [5.74, 6) is 0. The molecule has 84 valence electrons. The van der Waals surface area contributed by atoms with Gasteiger partial charge in [-0.15, -0.1) is 0 Å². The molecule has 1 saturated carbocycles. The first-order valence-corrected chi connectivity index (χ1v) is 6.51. The minimum atomic E-state index is -3.59. The monoisotopic (exact) mass is 238 g/mol. The third-order valence-corrected chi connectivity index (χ3v) is 3.68. The molecule has 3 rings (SSSR count). The third kappa shape index (κ3) is 1.70. The number of nitrogens with zero attached hydrogens (tertiary/aromatic N) is 1. The fraction of sp³-hybridized carbons (Fsp3) is 0.300. The van der Waals surface area contributed by atoms with E-state index in [-0.39, 0.29) is 11.3 Å². The zero-order chi connectivity index (χ0) is 11.2. The minimum absolute atomic E-state index is 0.0556. The SMILES string of the molecule is O=S(=O)(NC1CC1)c1nc2ccccc2o1. The van der Waals surface area contributed by atoms with E-state index in [1.807, 2.05) is 0 Å². The molecular weight excluding hydrogens is 228 g/mol. The zero-order valence-electron chi connectivity index (χ0n) is 8.38. The second-order valence-electron chi connectivity index (χ2n) is 3.84. The molecule has 0 aliphatic heterocycles. The summed E-state index contributed by atoms with van der Waals surface area (Å²) in [7, 11) is -3.59. The summed E-state index contributed by atoms with van der Waals surface area (Å²) in [5.41, 5.74) is 1.04. The molecule has 5 nitrogen and oxygen atoms in total. The van der Waals surface area contributed by atoms with Crippen LogP contribution in [0, 0.1) is 0 Å². The molecule has 1 fully saturated rings. The molecule has 16 heavy (non-hydrogen) atoms. The van der Waals surface area contributed by atoms with Crippen molar-refractivity contribution in [1.29, 1.82) is 0 Å². The number of hydrogen-bond donors (Lipinski definition) is 1. The molecule has 1 heterocycles. The number of benzene rings is 1. The Morgan fingerprint density at radius 3 is 2.75 bits per heavy atom. The number of fused-ring (bicyclic) bond motifs is 1. The van der Waals surface area contributed by atoms with E-state index in [4.69, 9.17) is 4.42 Å². The van der Waals surface area contributed by atoms with E-state index >= 15 is 0 Å². The number of rotatable bonds is 3. The summed E-state index contributed by atoms with van der Waals surface area (Å²) in [6.45, 7) is 0. The lowest BCUT2D eigenvalue weighted by Gasteiger charge is -1.98. The van der Waals surface area contributed by atoms with E-state index in [2.05, 4.69) is 9.71 Å². The average molecular weight is 238 g/mol. The molecule has 2 aromatic rings. The van der Waals surface area contributed by atoms with Crippen molar-refractivity contribution in [2.24, 2.45) is 0 Å². The van der Waals surface area contributed by atoms with E-state index < -0.39 is 10.0 Å². The molecule has 0 spiro atoms. The van der Waals surface area contributed by atoms with Crippen molar-refractivity contribution < 1.29 is 12.8 Å². The van der Waals surface area contributed by atoms with Crippen LogP contribution in [-0.2, 0) is 10.0 Å². The Morgan fingerprint density at radius 1 is 1.31 bits per heavy atom. The fourth-order valence-corrected chi connectivity index (χ4v) is 2.63. The maximum absolute atomic E-state index is 11.8. The van der Waals surface area contributed by atoms with E-state index in [1.165, 1.54) is 0 Å². The Labute approximate surface area is 92.5 Å². The normalized spacial score (nSPS) is 16.8. The number of para-hydroxylation sites is 2. The van der Waals surface area contributed by atoms with Gasteiger partial charge in [0.2, 0.25) is 0 Å². The van der Waals surface area contributed by atoms with Gasteiger partial charge in [0.25, 0.3) is 10.0 Å². The zero-order valence-corrected chi connectivity index (χ0v) is 9.20. The summed E-state index contributed by atoms with van der Waals surface area (Å²) in [4.78, 5) is 3.95. The van der Waals surface area contributed by atoms with Crippen molar-refractivity contribution in [3.8, 4) is 0 Å². The number of nitrogens with one attached hydrogen (secondary N) is 1. The van der Waals surface area contributed by atoms with E-state index in [0.717, 1.165) is 12.8 Å². The Kier molecular flexibility index (Phi) is 2.02. The summed E-state index contributed by atoms with van der Waals surface area (Å²) < 4.78 is 31.3. The second-order valence-corrected chi connectivity index (χ2v) is 5.43. The standard InChI is InChI=1S/C10H10N2O3S/c13-16(14,12-7-5-6-7)10-11-8-3-1-2-4-9(8)15-10/h1-4,7,12H,5-6H2. The smallest absolute Gasteiger partial charge is 0.331 e. The maximum atomic E-state index is 11.8. The lowest BCUT2D eigenvalue weighted by molar-refractivity contribution is 0.452. The Bertz CT molecular complexity index is 595. The van der Waals surface area contributed by atoms with Crippen LogP contribution in [0.4, 0.5) is 0 Å². The van der Waals surface area contributed by atoms with Crippen LogP contribution in [0.5, 0.6) is 0 Å². The highest BCUT2D eigenvalue weighted by Gasteiger charge is 2.31. The highest BCUT2D eigenvalue weighted by atomic mass is 32.2. The highest BCUT2D eigenvalue weighted by molar-refractivity contribution is 7.89. The first-order valence-electron chi connectivity index (χ1n) is 5.03. The van der Waals surface area contributed by atoms with Crippen molar-refractivity contribution in [1.82, 2.24) is 9.71 Å². The highest BCUT2D eigenvalue weighted by Crippen LogP contribution is 2.23. The summed E-state index contributed by atoms with van der Waals surface area (Å²) in [5, 5.41) is -0.249. The minimum Gasteiger partial charge on any atom is -0.427 e. The summed E-state index contributed by atoms with van der Waals surface area (Å²) >= 11 is 0. The predicted octanol–water partition coefficient (Wildman–Crippen LogP) is 1.27. The molecule has 0 saturated heterocycles. The van der Waals surface area contributed by atoms with Gasteiger partial charge in [-0.05, 0) is 25.0 Å². The number of sulfonamides is 1. The van der Waals surface area contributed by atoms with Crippen LogP contribution in [0.2, 0.25) is 0 Å². The van der Waals surface area contributed by atoms with Gasteiger partial charge in [-0.25, -0.2) is 13.1 Å². The summed E-state index contributed by atoms with van der Waals surface area (Å²) in [6, 6.07) is 7.03. The van der Waals surface area contributed by atoms with Crippen molar-refractivity contribution in [3.63, 3.8) is 0 Å². The molecule has 1 aromatic carbocycles. The molecule has 0 amide bonds. The molecule has 1 N–H and O–H groups in total. The Balaban J connectivity index is 2.04. The number of aromatic nitrogens is 1. The van der Waals surface area contributed by atoms with Crippen molar-refractivity contribution in [3.05, 3.63) is 24.3 Å². The van der Waals surface area contributed by atoms with Gasteiger partial charge in [0, 0.05) is 6.04 Å². The molecule has 0 bridgehead atoms. The Morgan fingerprint density at radius 2 is 2.06 bits per heavy atom. The van der Waals surface area contributed by atoms with Crippen LogP contribution in [-0.4, -0.2) is 19.4 Å². The van der Waals surface area contributed by atoms with Crippen LogP contribution in [0.3, 0.4) is 0 Å². The largest absolute Gasteiger partial charge is 0.427 e. The maximum Gasteiger partial charge on any atom is 0.331 e. The first-order chi connectivity index (χ1) is 7.65. The van der Waals surface area contributed by atoms with Crippen molar-refractivity contribution >= 4 is 21.1 Å². The quantitative estimate of drug-likeness (QED) is 0.874. The van der Waals surface area contributed by atoms with Crippen LogP contribution >= 0.6 is 0 Å². The lowest BCUT2D eigenvalue weighted by atomic mass is 10.3. The topological polar surface area (TPSA) is 72.2 Å². The van der Waals surface area contributed by atoms with Gasteiger partial charge in [-0.1, -0.05) is 12.1 Å². The molecular formula is C10H10N2O3S. The van der Waals surface area contributed by atoms with Gasteiger partial charge in [0.1, 0.15) is 5.52 Å². The van der Waals surface area contributed by atoms with Gasteiger partial charge >= 0.3 is 5.22 Å². The average Bonchev–Trinajstić information content (AvgIpc) is 2.94. The van der Waals surface area contributed by atoms with Crippen LogP contribution in [0.25, 0.3) is 11.1 Å². The molecule has 1 aliphatic carbocycles. The van der Waals surface area contributed by atoms with Crippen molar-refractivity contribution in [2.75, 3.05) is 0 Å². The van der Waals surface area contributed by atoms with Gasteiger partial charge in [0.15, 0.2) is 5.58 Å². The van der Waals surface area contributed by atoms with E-state index in [9.17, 15) is 8.42 Å². The van der Waals surface area contributed by atoms with Gasteiger partial charge in [-0.2, -0.15) is 4.98 Å². The van der Waals surface area contributed by atoms with Crippen LogP contribution in [0.1, 0.15) is 12.8 Å². The molecule has 1 aliphatic rings. The lowest BCUT2D eigenvalue weighted by Crippen LogP contribution is -2.25. The van der Waals surface area contributed by atoms with Gasteiger partial charge in [0.05, 0.1) is 0 Å². The Hall–Kier alpha value is -1.40. The van der Waals surface area contributed by atoms with E-state index in [1.54, 1.807) is 24.3 Å². The predicted molar refractivity (Wildman–Crippen MR) is 57.4 cm³/mol. The third-order valence-electron chi connectivity index (χ3n) is 2.40. The number of hydrogen-bond acceptors (Lipinski definition) is 4. The number of oxazole rings is 1. The molecule has 0 radical (unpaired) electrons. The first kappa shape index (κ1) is 9.80. The molecule has 0 atom stereocenters.